The standard InChI is InChI=1S/C26H33N3O3/c30-25-24(26(31)32)27-21-9-1-2-10-22(21)29(25)20-14-18-11-12-19(15-20)28(18)23-13-16-5-3-7-17(23)8-4-6-16/h1-2,9-10,16-20,23H,3-8,11-15H2,(H,31,32)/t16?,17?,18-,19+,20?,23-/m0/s1. The Balaban J connectivity index is 1.35. The van der Waals surface area contributed by atoms with Gasteiger partial charge in [0.25, 0.3) is 5.56 Å². The van der Waals surface area contributed by atoms with Crippen molar-refractivity contribution in [2.24, 2.45) is 11.8 Å². The highest BCUT2D eigenvalue weighted by molar-refractivity contribution is 5.88. The van der Waals surface area contributed by atoms with Crippen LogP contribution in [0.1, 0.15) is 87.2 Å². The van der Waals surface area contributed by atoms with Crippen molar-refractivity contribution in [1.82, 2.24) is 14.5 Å². The fourth-order valence-electron chi connectivity index (χ4n) is 7.74. The molecule has 6 nitrogen and oxygen atoms in total. The number of rotatable bonds is 3. The van der Waals surface area contributed by atoms with Crippen LogP contribution < -0.4 is 5.56 Å². The molecule has 4 bridgehead atoms. The van der Waals surface area contributed by atoms with Gasteiger partial charge in [-0.05, 0) is 68.9 Å². The Kier molecular flexibility index (Phi) is 5.09. The van der Waals surface area contributed by atoms with E-state index in [2.05, 4.69) is 9.88 Å². The zero-order valence-corrected chi connectivity index (χ0v) is 18.7. The van der Waals surface area contributed by atoms with Gasteiger partial charge in [-0.15, -0.1) is 0 Å². The molecular formula is C26H33N3O3. The first-order chi connectivity index (χ1) is 15.6. The summed E-state index contributed by atoms with van der Waals surface area (Å²) >= 11 is 0. The van der Waals surface area contributed by atoms with Gasteiger partial charge in [0.15, 0.2) is 0 Å². The smallest absolute Gasteiger partial charge is 0.360 e. The number of hydrogen-bond donors (Lipinski definition) is 1. The number of piperidine rings is 1. The Hall–Kier alpha value is -2.21. The monoisotopic (exact) mass is 435 g/mol. The number of nitrogens with zero attached hydrogens (tertiary/aromatic N) is 3. The van der Waals surface area contributed by atoms with Gasteiger partial charge in [-0.25, -0.2) is 9.78 Å². The predicted molar refractivity (Wildman–Crippen MR) is 123 cm³/mol. The van der Waals surface area contributed by atoms with E-state index in [1.54, 1.807) is 4.57 Å². The molecule has 4 atom stereocenters. The molecule has 0 spiro atoms. The van der Waals surface area contributed by atoms with Crippen LogP contribution in [-0.2, 0) is 0 Å². The van der Waals surface area contributed by atoms with E-state index in [0.29, 0.717) is 23.6 Å². The maximum absolute atomic E-state index is 13.2. The largest absolute Gasteiger partial charge is 0.476 e. The Morgan fingerprint density at radius 1 is 0.906 bits per heavy atom. The number of aromatic nitrogens is 2. The van der Waals surface area contributed by atoms with Gasteiger partial charge in [0.05, 0.1) is 11.0 Å². The number of hydrogen-bond acceptors (Lipinski definition) is 4. The van der Waals surface area contributed by atoms with E-state index < -0.39 is 11.5 Å². The summed E-state index contributed by atoms with van der Waals surface area (Å²) in [6, 6.07) is 9.27. The molecular weight excluding hydrogens is 402 g/mol. The zero-order valence-electron chi connectivity index (χ0n) is 18.7. The Morgan fingerprint density at radius 3 is 2.28 bits per heavy atom. The predicted octanol–water partition coefficient (Wildman–Crippen LogP) is 4.62. The number of carboxylic acid groups (broad SMARTS) is 1. The lowest BCUT2D eigenvalue weighted by Crippen LogP contribution is -2.52. The summed E-state index contributed by atoms with van der Waals surface area (Å²) in [7, 11) is 0. The van der Waals surface area contributed by atoms with Gasteiger partial charge in [-0.2, -0.15) is 0 Å². The number of fused-ring (bicyclic) bond motifs is 7. The van der Waals surface area contributed by atoms with Crippen LogP contribution in [0.4, 0.5) is 0 Å². The SMILES string of the molecule is O=C(O)c1nc2ccccc2n(C2C[C@H]3CC[C@@H](C2)N3[C@H]2CC3CCCC2CCC3)c1=O. The van der Waals surface area contributed by atoms with Crippen molar-refractivity contribution in [3.05, 3.63) is 40.3 Å². The molecule has 2 saturated heterocycles. The third-order valence-electron chi connectivity index (χ3n) is 9.00. The van der Waals surface area contributed by atoms with E-state index in [-0.39, 0.29) is 11.7 Å². The molecule has 170 valence electrons. The molecule has 2 aliphatic carbocycles. The molecule has 32 heavy (non-hydrogen) atoms. The van der Waals surface area contributed by atoms with Crippen molar-refractivity contribution < 1.29 is 9.90 Å². The molecule has 2 aliphatic heterocycles. The molecule has 1 aromatic heterocycles. The van der Waals surface area contributed by atoms with Crippen molar-refractivity contribution in [2.75, 3.05) is 0 Å². The van der Waals surface area contributed by atoms with Gasteiger partial charge >= 0.3 is 5.97 Å². The lowest BCUT2D eigenvalue weighted by molar-refractivity contribution is 0.0282. The third kappa shape index (κ3) is 3.30. The van der Waals surface area contributed by atoms with Crippen molar-refractivity contribution in [1.29, 1.82) is 0 Å². The molecule has 2 saturated carbocycles. The summed E-state index contributed by atoms with van der Waals surface area (Å²) in [5.74, 6) is 0.500. The van der Waals surface area contributed by atoms with E-state index in [4.69, 9.17) is 0 Å². The molecule has 1 aromatic carbocycles. The summed E-state index contributed by atoms with van der Waals surface area (Å²) in [5, 5.41) is 9.61. The van der Waals surface area contributed by atoms with Gasteiger partial charge in [-0.1, -0.05) is 37.8 Å². The van der Waals surface area contributed by atoms with E-state index in [1.165, 1.54) is 57.8 Å². The van der Waals surface area contributed by atoms with E-state index >= 15 is 0 Å². The zero-order chi connectivity index (χ0) is 21.8. The molecule has 3 heterocycles. The second kappa shape index (κ2) is 7.98. The molecule has 2 aromatic rings. The van der Waals surface area contributed by atoms with Crippen molar-refractivity contribution in [2.45, 2.75) is 94.8 Å². The fourth-order valence-corrected chi connectivity index (χ4v) is 7.74. The first-order valence-electron chi connectivity index (χ1n) is 12.6. The van der Waals surface area contributed by atoms with Gasteiger partial charge < -0.3 is 9.67 Å². The molecule has 0 radical (unpaired) electrons. The highest BCUT2D eigenvalue weighted by atomic mass is 16.4. The minimum absolute atomic E-state index is 0.0485. The van der Waals surface area contributed by atoms with Gasteiger partial charge in [0.1, 0.15) is 0 Å². The van der Waals surface area contributed by atoms with E-state index in [0.717, 1.165) is 30.2 Å². The third-order valence-corrected chi connectivity index (χ3v) is 9.00. The highest BCUT2D eigenvalue weighted by Gasteiger charge is 2.48. The van der Waals surface area contributed by atoms with Crippen LogP contribution in [0.15, 0.2) is 29.1 Å². The summed E-state index contributed by atoms with van der Waals surface area (Å²) in [6.07, 6.45) is 14.1. The Labute approximate surface area is 188 Å². The molecule has 1 unspecified atom stereocenters. The minimum Gasteiger partial charge on any atom is -0.476 e. The van der Waals surface area contributed by atoms with Gasteiger partial charge in [-0.3, -0.25) is 9.69 Å². The van der Waals surface area contributed by atoms with Gasteiger partial charge in [0.2, 0.25) is 5.69 Å². The van der Waals surface area contributed by atoms with E-state index in [9.17, 15) is 14.7 Å². The molecule has 0 amide bonds. The molecule has 6 heteroatoms. The van der Waals surface area contributed by atoms with Crippen molar-refractivity contribution in [3.63, 3.8) is 0 Å². The van der Waals surface area contributed by atoms with E-state index in [1.807, 2.05) is 24.3 Å². The molecule has 6 rings (SSSR count). The van der Waals surface area contributed by atoms with Crippen LogP contribution in [0.5, 0.6) is 0 Å². The lowest BCUT2D eigenvalue weighted by atomic mass is 9.86. The maximum atomic E-state index is 13.2. The highest BCUT2D eigenvalue weighted by Crippen LogP contribution is 2.48. The number of carboxylic acids is 1. The first-order valence-corrected chi connectivity index (χ1v) is 12.6. The lowest BCUT2D eigenvalue weighted by Gasteiger charge is -2.46. The summed E-state index contributed by atoms with van der Waals surface area (Å²) in [4.78, 5) is 32.1. The second-order valence-electron chi connectivity index (χ2n) is 10.7. The number of carbonyl (C=O) groups is 1. The van der Waals surface area contributed by atoms with Crippen LogP contribution >= 0.6 is 0 Å². The number of benzene rings is 1. The Bertz CT molecular complexity index is 1070. The van der Waals surface area contributed by atoms with Crippen LogP contribution in [0, 0.1) is 11.8 Å². The average molecular weight is 436 g/mol. The number of para-hydroxylation sites is 2. The normalized spacial score (nSPS) is 35.0. The molecule has 4 fully saturated rings. The topological polar surface area (TPSA) is 75.4 Å². The average Bonchev–Trinajstić information content (AvgIpc) is 2.96. The summed E-state index contributed by atoms with van der Waals surface area (Å²) < 4.78 is 1.78. The van der Waals surface area contributed by atoms with Crippen LogP contribution in [0.3, 0.4) is 0 Å². The second-order valence-corrected chi connectivity index (χ2v) is 10.7. The fraction of sp³-hybridized carbons (Fsp3) is 0.654. The first kappa shape index (κ1) is 20.4. The van der Waals surface area contributed by atoms with Crippen LogP contribution in [0.25, 0.3) is 11.0 Å². The van der Waals surface area contributed by atoms with Crippen molar-refractivity contribution in [3.8, 4) is 0 Å². The Morgan fingerprint density at radius 2 is 1.59 bits per heavy atom. The number of aromatic carboxylic acids is 1. The van der Waals surface area contributed by atoms with Crippen LogP contribution in [0.2, 0.25) is 0 Å². The quantitative estimate of drug-likeness (QED) is 0.761. The maximum Gasteiger partial charge on any atom is 0.360 e. The molecule has 4 aliphatic rings. The molecule has 1 N–H and O–H groups in total. The summed E-state index contributed by atoms with van der Waals surface area (Å²) in [5.41, 5.74) is 0.568. The van der Waals surface area contributed by atoms with Crippen LogP contribution in [-0.4, -0.2) is 43.7 Å². The minimum atomic E-state index is -1.24. The van der Waals surface area contributed by atoms with Gasteiger partial charge in [0, 0.05) is 24.2 Å². The summed E-state index contributed by atoms with van der Waals surface area (Å²) in [6.45, 7) is 0. The van der Waals surface area contributed by atoms with Crippen molar-refractivity contribution >= 4 is 17.0 Å².